The predicted molar refractivity (Wildman–Crippen MR) is 59.4 cm³/mol. The molecule has 0 radical (unpaired) electrons. The molecule has 16 heavy (non-hydrogen) atoms. The van der Waals surface area contributed by atoms with E-state index in [0.29, 0.717) is 18.2 Å². The molecule has 2 aromatic heterocycles. The van der Waals surface area contributed by atoms with Gasteiger partial charge in [0.1, 0.15) is 11.5 Å². The molecule has 0 aromatic carbocycles. The predicted octanol–water partition coefficient (Wildman–Crippen LogP) is 0.606. The van der Waals surface area contributed by atoms with E-state index in [9.17, 15) is 0 Å². The van der Waals surface area contributed by atoms with Crippen molar-refractivity contribution in [1.82, 2.24) is 19.5 Å². The first-order chi connectivity index (χ1) is 7.70. The largest absolute Gasteiger partial charge is 0.384 e. The molecule has 0 amide bonds. The number of aromatic nitrogens is 4. The second-order valence-corrected chi connectivity index (χ2v) is 3.43. The van der Waals surface area contributed by atoms with Crippen LogP contribution in [-0.4, -0.2) is 26.6 Å². The molecule has 84 valence electrons. The minimum atomic E-state index is 0.414. The van der Waals surface area contributed by atoms with Crippen molar-refractivity contribution < 1.29 is 4.74 Å². The molecule has 0 bridgehead atoms. The summed E-state index contributed by atoms with van der Waals surface area (Å²) >= 11 is 0. The number of anilines is 1. The van der Waals surface area contributed by atoms with Crippen LogP contribution in [-0.2, 0) is 18.4 Å². The Morgan fingerprint density at radius 1 is 1.44 bits per heavy atom. The van der Waals surface area contributed by atoms with E-state index in [4.69, 9.17) is 10.5 Å². The fraction of sp³-hybridized carbons (Fsp3) is 0.300. The van der Waals surface area contributed by atoms with Crippen LogP contribution < -0.4 is 5.73 Å². The van der Waals surface area contributed by atoms with Gasteiger partial charge in [-0.1, -0.05) is 0 Å². The van der Waals surface area contributed by atoms with Crippen LogP contribution in [0.4, 0.5) is 5.82 Å². The van der Waals surface area contributed by atoms with E-state index < -0.39 is 0 Å². The van der Waals surface area contributed by atoms with Crippen LogP contribution in [0, 0.1) is 0 Å². The number of imidazole rings is 1. The lowest BCUT2D eigenvalue weighted by molar-refractivity contribution is 0.181. The molecule has 0 unspecified atom stereocenters. The third-order valence-electron chi connectivity index (χ3n) is 2.14. The van der Waals surface area contributed by atoms with E-state index in [2.05, 4.69) is 15.0 Å². The van der Waals surface area contributed by atoms with Gasteiger partial charge in [-0.2, -0.15) is 0 Å². The van der Waals surface area contributed by atoms with E-state index >= 15 is 0 Å². The first-order valence-electron chi connectivity index (χ1n) is 4.80. The molecule has 0 spiro atoms. The highest BCUT2D eigenvalue weighted by atomic mass is 16.5. The molecular formula is C10H13N5O. The average molecular weight is 219 g/mol. The Hall–Kier alpha value is -1.95. The van der Waals surface area contributed by atoms with E-state index in [1.165, 1.54) is 0 Å². The number of ether oxygens (including phenoxy) is 1. The van der Waals surface area contributed by atoms with Crippen molar-refractivity contribution in [1.29, 1.82) is 0 Å². The summed E-state index contributed by atoms with van der Waals surface area (Å²) in [6.07, 6.45) is 3.39. The van der Waals surface area contributed by atoms with Crippen molar-refractivity contribution in [3.63, 3.8) is 0 Å². The van der Waals surface area contributed by atoms with E-state index in [1.54, 1.807) is 25.7 Å². The van der Waals surface area contributed by atoms with Gasteiger partial charge in [-0.15, -0.1) is 0 Å². The summed E-state index contributed by atoms with van der Waals surface area (Å²) in [6.45, 7) is 0.414. The molecule has 0 atom stereocenters. The van der Waals surface area contributed by atoms with Gasteiger partial charge >= 0.3 is 0 Å². The van der Waals surface area contributed by atoms with Crippen molar-refractivity contribution in [3.05, 3.63) is 24.3 Å². The summed E-state index contributed by atoms with van der Waals surface area (Å²) in [5, 5.41) is 0. The first-order valence-corrected chi connectivity index (χ1v) is 4.80. The third kappa shape index (κ3) is 2.01. The highest BCUT2D eigenvalue weighted by Crippen LogP contribution is 2.15. The standard InChI is InChI=1S/C10H13N5O/c1-15-6-12-4-8(15)10-13-7(5-16-2)3-9(11)14-10/h3-4,6H,5H2,1-2H3,(H2,11,13,14). The average Bonchev–Trinajstić information content (AvgIpc) is 2.64. The maximum atomic E-state index is 5.71. The highest BCUT2D eigenvalue weighted by Gasteiger charge is 2.08. The maximum absolute atomic E-state index is 5.71. The number of nitrogens with two attached hydrogens (primary N) is 1. The van der Waals surface area contributed by atoms with Gasteiger partial charge in [0, 0.05) is 20.2 Å². The summed E-state index contributed by atoms with van der Waals surface area (Å²) in [5.74, 6) is 0.991. The Morgan fingerprint density at radius 3 is 2.88 bits per heavy atom. The van der Waals surface area contributed by atoms with Crippen molar-refractivity contribution in [2.24, 2.45) is 7.05 Å². The smallest absolute Gasteiger partial charge is 0.180 e. The number of methoxy groups -OCH3 is 1. The normalized spacial score (nSPS) is 10.6. The molecule has 0 fully saturated rings. The lowest BCUT2D eigenvalue weighted by Crippen LogP contribution is -2.03. The Labute approximate surface area is 93.1 Å². The Kier molecular flexibility index (Phi) is 2.82. The van der Waals surface area contributed by atoms with Gasteiger partial charge < -0.3 is 15.0 Å². The Bertz CT molecular complexity index is 494. The second-order valence-electron chi connectivity index (χ2n) is 3.43. The molecule has 6 nitrogen and oxygen atoms in total. The van der Waals surface area contributed by atoms with Crippen molar-refractivity contribution in [2.45, 2.75) is 6.61 Å². The molecule has 0 aliphatic heterocycles. The van der Waals surface area contributed by atoms with Gasteiger partial charge in [0.25, 0.3) is 0 Å². The lowest BCUT2D eigenvalue weighted by atomic mass is 10.3. The highest BCUT2D eigenvalue weighted by molar-refractivity contribution is 5.51. The van der Waals surface area contributed by atoms with Gasteiger partial charge in [-0.25, -0.2) is 15.0 Å². The molecule has 6 heteroatoms. The van der Waals surface area contributed by atoms with Gasteiger partial charge in [0.05, 0.1) is 24.8 Å². The van der Waals surface area contributed by atoms with E-state index in [0.717, 1.165) is 11.4 Å². The molecule has 0 aliphatic rings. The zero-order valence-corrected chi connectivity index (χ0v) is 9.21. The van der Waals surface area contributed by atoms with Crippen LogP contribution in [0.3, 0.4) is 0 Å². The summed E-state index contributed by atoms with van der Waals surface area (Å²) in [6, 6.07) is 1.70. The first kappa shape index (κ1) is 10.6. The van der Waals surface area contributed by atoms with Crippen LogP contribution >= 0.6 is 0 Å². The summed E-state index contributed by atoms with van der Waals surface area (Å²) in [7, 11) is 3.49. The Morgan fingerprint density at radius 2 is 2.25 bits per heavy atom. The Balaban J connectivity index is 2.45. The monoisotopic (exact) mass is 219 g/mol. The molecule has 2 N–H and O–H groups in total. The third-order valence-corrected chi connectivity index (χ3v) is 2.14. The number of rotatable bonds is 3. The molecule has 2 rings (SSSR count). The fourth-order valence-electron chi connectivity index (χ4n) is 1.43. The topological polar surface area (TPSA) is 78.9 Å². The molecule has 2 heterocycles. The van der Waals surface area contributed by atoms with Gasteiger partial charge in [0.2, 0.25) is 0 Å². The molecule has 2 aromatic rings. The van der Waals surface area contributed by atoms with Crippen molar-refractivity contribution >= 4 is 5.82 Å². The summed E-state index contributed by atoms with van der Waals surface area (Å²) < 4.78 is 6.86. The molecule has 0 aliphatic carbocycles. The number of aryl methyl sites for hydroxylation is 1. The van der Waals surface area contributed by atoms with Gasteiger partial charge in [-0.3, -0.25) is 0 Å². The van der Waals surface area contributed by atoms with E-state index in [1.807, 2.05) is 11.6 Å². The van der Waals surface area contributed by atoms with Gasteiger partial charge in [-0.05, 0) is 0 Å². The van der Waals surface area contributed by atoms with Crippen LogP contribution in [0.5, 0.6) is 0 Å². The van der Waals surface area contributed by atoms with Crippen LogP contribution in [0.25, 0.3) is 11.5 Å². The van der Waals surface area contributed by atoms with Crippen molar-refractivity contribution in [3.8, 4) is 11.5 Å². The van der Waals surface area contributed by atoms with Crippen molar-refractivity contribution in [2.75, 3.05) is 12.8 Å². The minimum absolute atomic E-state index is 0.414. The number of nitrogen functional groups attached to an aromatic ring is 1. The molecule has 0 saturated heterocycles. The van der Waals surface area contributed by atoms with Crippen LogP contribution in [0.1, 0.15) is 5.69 Å². The molecule has 0 saturated carbocycles. The summed E-state index contributed by atoms with van der Waals surface area (Å²) in [4.78, 5) is 12.5. The second kappa shape index (κ2) is 4.28. The lowest BCUT2D eigenvalue weighted by Gasteiger charge is -2.05. The zero-order chi connectivity index (χ0) is 11.5. The maximum Gasteiger partial charge on any atom is 0.180 e. The van der Waals surface area contributed by atoms with Crippen LogP contribution in [0.2, 0.25) is 0 Å². The van der Waals surface area contributed by atoms with Gasteiger partial charge in [0.15, 0.2) is 5.82 Å². The zero-order valence-electron chi connectivity index (χ0n) is 9.21. The minimum Gasteiger partial charge on any atom is -0.384 e. The van der Waals surface area contributed by atoms with E-state index in [-0.39, 0.29) is 0 Å². The number of hydrogen-bond donors (Lipinski definition) is 1. The SMILES string of the molecule is COCc1cc(N)nc(-c2cncn2C)n1. The number of nitrogens with zero attached hydrogens (tertiary/aromatic N) is 4. The molecular weight excluding hydrogens is 206 g/mol. The fourth-order valence-corrected chi connectivity index (χ4v) is 1.43. The van der Waals surface area contributed by atoms with Crippen LogP contribution in [0.15, 0.2) is 18.6 Å². The number of hydrogen-bond acceptors (Lipinski definition) is 5. The summed E-state index contributed by atoms with van der Waals surface area (Å²) in [5.41, 5.74) is 7.29. The quantitative estimate of drug-likeness (QED) is 0.818.